The third-order valence-electron chi connectivity index (χ3n) is 4.99. The van der Waals surface area contributed by atoms with Gasteiger partial charge in [0.1, 0.15) is 0 Å². The summed E-state index contributed by atoms with van der Waals surface area (Å²) in [6, 6.07) is 0. The van der Waals surface area contributed by atoms with Crippen molar-refractivity contribution >= 4 is 7.82 Å². The van der Waals surface area contributed by atoms with Crippen LogP contribution in [0.15, 0.2) is 0 Å². The maximum Gasteiger partial charge on any atom is 1.00 e. The van der Waals surface area contributed by atoms with Crippen molar-refractivity contribution in [3.8, 4) is 0 Å². The van der Waals surface area contributed by atoms with E-state index in [0.717, 1.165) is 25.7 Å². The van der Waals surface area contributed by atoms with Crippen LogP contribution in [0, 0.1) is 0 Å². The molecule has 0 bridgehead atoms. The molecule has 1 unspecified atom stereocenters. The average Bonchev–Trinajstić information content (AvgIpc) is 2.64. The topological polar surface area (TPSA) is 58.6 Å². The van der Waals surface area contributed by atoms with E-state index in [4.69, 9.17) is 9.05 Å². The van der Waals surface area contributed by atoms with Crippen molar-refractivity contribution in [2.75, 3.05) is 13.2 Å². The first-order valence-electron chi connectivity index (χ1n) is 11.7. The van der Waals surface area contributed by atoms with Gasteiger partial charge >= 0.3 is 29.6 Å². The molecule has 0 aliphatic heterocycles. The summed E-state index contributed by atoms with van der Waals surface area (Å²) in [5.41, 5.74) is 0. The van der Waals surface area contributed by atoms with E-state index in [2.05, 4.69) is 6.92 Å². The fourth-order valence-corrected chi connectivity index (χ4v) is 3.96. The van der Waals surface area contributed by atoms with Crippen molar-refractivity contribution in [3.05, 3.63) is 0 Å². The Morgan fingerprint density at radius 1 is 0.536 bits per heavy atom. The minimum atomic E-state index is -4.06. The van der Waals surface area contributed by atoms with Crippen LogP contribution in [0.25, 0.3) is 0 Å². The molecule has 0 N–H and O–H groups in total. The molecule has 1 atom stereocenters. The number of phosphoric acid groups is 1. The van der Waals surface area contributed by atoms with Crippen molar-refractivity contribution < 1.29 is 48.1 Å². The van der Waals surface area contributed by atoms with Crippen molar-refractivity contribution in [2.24, 2.45) is 0 Å². The van der Waals surface area contributed by atoms with Gasteiger partial charge in [-0.3, -0.25) is 4.57 Å². The molecular formula is C22H46NaO4P. The minimum Gasteiger partial charge on any atom is -0.756 e. The normalized spacial score (nSPS) is 13.2. The standard InChI is InChI=1S/C22H47O4P.Na/c1-3-5-7-8-9-10-11-12-13-14-15-16-17-18-19-20-22-26-27(23,24)25-21-6-4-2;/h3-22H2,1-2H3,(H,23,24);/q;+1/p-1. The summed E-state index contributed by atoms with van der Waals surface area (Å²) in [6.45, 7) is 4.76. The fourth-order valence-electron chi connectivity index (χ4n) is 3.18. The van der Waals surface area contributed by atoms with Crippen molar-refractivity contribution in [3.63, 3.8) is 0 Å². The summed E-state index contributed by atoms with van der Waals surface area (Å²) in [4.78, 5) is 11.4. The molecule has 0 spiro atoms. The molecule has 0 aromatic rings. The molecule has 0 aromatic heterocycles. The number of unbranched alkanes of at least 4 members (excludes halogenated alkanes) is 16. The molecule has 0 aliphatic carbocycles. The van der Waals surface area contributed by atoms with Gasteiger partial charge in [0.25, 0.3) is 7.82 Å². The number of phosphoric ester groups is 1. The van der Waals surface area contributed by atoms with Crippen LogP contribution < -0.4 is 34.5 Å². The Balaban J connectivity index is 0. The van der Waals surface area contributed by atoms with Crippen LogP contribution in [0.2, 0.25) is 0 Å². The van der Waals surface area contributed by atoms with Gasteiger partial charge in [0.15, 0.2) is 0 Å². The van der Waals surface area contributed by atoms with Gasteiger partial charge in [0.05, 0.1) is 13.2 Å². The second-order valence-corrected chi connectivity index (χ2v) is 9.18. The number of hydrogen-bond donors (Lipinski definition) is 0. The van der Waals surface area contributed by atoms with Crippen molar-refractivity contribution in [1.29, 1.82) is 0 Å². The molecule has 28 heavy (non-hydrogen) atoms. The SMILES string of the molecule is CCCCCCCCCCCCCCCCCCOP(=O)([O-])OCCCC.[Na+]. The Labute approximate surface area is 197 Å². The van der Waals surface area contributed by atoms with Crippen molar-refractivity contribution in [2.45, 2.75) is 129 Å². The molecule has 0 amide bonds. The third-order valence-corrected chi connectivity index (χ3v) is 5.99. The smallest absolute Gasteiger partial charge is 0.756 e. The molecule has 164 valence electrons. The minimum absolute atomic E-state index is 0. The molecule has 0 aromatic carbocycles. The zero-order valence-electron chi connectivity index (χ0n) is 19.2. The molecule has 0 heterocycles. The van der Waals surface area contributed by atoms with E-state index in [-0.39, 0.29) is 42.8 Å². The van der Waals surface area contributed by atoms with Gasteiger partial charge < -0.3 is 13.9 Å². The predicted octanol–water partition coefficient (Wildman–Crippen LogP) is 4.55. The number of hydrogen-bond acceptors (Lipinski definition) is 4. The Kier molecular flexibility index (Phi) is 27.3. The predicted molar refractivity (Wildman–Crippen MR) is 114 cm³/mol. The largest absolute Gasteiger partial charge is 1.00 e. The summed E-state index contributed by atoms with van der Waals surface area (Å²) in [7, 11) is -4.06. The first kappa shape index (κ1) is 31.3. The van der Waals surface area contributed by atoms with Gasteiger partial charge in [-0.1, -0.05) is 117 Å². The maximum absolute atomic E-state index is 11.4. The molecule has 6 heteroatoms. The molecule has 0 saturated carbocycles. The molecule has 4 nitrogen and oxygen atoms in total. The summed E-state index contributed by atoms with van der Waals surface area (Å²) in [6.07, 6.45) is 22.6. The van der Waals surface area contributed by atoms with E-state index in [1.165, 1.54) is 89.9 Å². The molecule has 0 rings (SSSR count). The van der Waals surface area contributed by atoms with E-state index in [9.17, 15) is 9.46 Å². The Hall–Kier alpha value is 1.11. The summed E-state index contributed by atoms with van der Waals surface area (Å²) in [5.74, 6) is 0. The first-order chi connectivity index (χ1) is 13.1. The van der Waals surface area contributed by atoms with E-state index < -0.39 is 7.82 Å². The van der Waals surface area contributed by atoms with Crippen LogP contribution in [0.3, 0.4) is 0 Å². The quantitative estimate of drug-likeness (QED) is 0.144. The van der Waals surface area contributed by atoms with Gasteiger partial charge in [-0.15, -0.1) is 0 Å². The fraction of sp³-hybridized carbons (Fsp3) is 1.00. The monoisotopic (exact) mass is 428 g/mol. The zero-order valence-corrected chi connectivity index (χ0v) is 22.1. The second-order valence-electron chi connectivity index (χ2n) is 7.77. The Morgan fingerprint density at radius 2 is 0.821 bits per heavy atom. The van der Waals surface area contributed by atoms with E-state index in [1.54, 1.807) is 0 Å². The summed E-state index contributed by atoms with van der Waals surface area (Å²) >= 11 is 0. The Morgan fingerprint density at radius 3 is 1.18 bits per heavy atom. The van der Waals surface area contributed by atoms with Gasteiger partial charge in [-0.2, -0.15) is 0 Å². The second kappa shape index (κ2) is 24.4. The summed E-state index contributed by atoms with van der Waals surface area (Å²) < 4.78 is 21.1. The Bertz CT molecular complexity index is 342. The van der Waals surface area contributed by atoms with Crippen LogP contribution >= 0.6 is 7.82 Å². The average molecular weight is 429 g/mol. The molecule has 0 saturated heterocycles. The van der Waals surface area contributed by atoms with Crippen molar-refractivity contribution in [1.82, 2.24) is 0 Å². The number of rotatable bonds is 22. The third kappa shape index (κ3) is 25.1. The van der Waals surface area contributed by atoms with Crippen LogP contribution in [0.1, 0.15) is 129 Å². The molecular weight excluding hydrogens is 382 g/mol. The van der Waals surface area contributed by atoms with E-state index in [0.29, 0.717) is 0 Å². The zero-order chi connectivity index (χ0) is 20.1. The first-order valence-corrected chi connectivity index (χ1v) is 13.2. The van der Waals surface area contributed by atoms with Crippen LogP contribution in [-0.2, 0) is 13.6 Å². The molecule has 0 radical (unpaired) electrons. The molecule has 0 aliphatic rings. The van der Waals surface area contributed by atoms with Gasteiger partial charge in [-0.25, -0.2) is 0 Å². The molecule has 0 fully saturated rings. The van der Waals surface area contributed by atoms with Gasteiger partial charge in [-0.05, 0) is 12.8 Å². The maximum atomic E-state index is 11.4. The van der Waals surface area contributed by atoms with E-state index >= 15 is 0 Å². The van der Waals surface area contributed by atoms with Crippen LogP contribution in [-0.4, -0.2) is 13.2 Å². The van der Waals surface area contributed by atoms with Gasteiger partial charge in [0.2, 0.25) is 0 Å². The van der Waals surface area contributed by atoms with E-state index in [1.807, 2.05) is 6.92 Å². The summed E-state index contributed by atoms with van der Waals surface area (Å²) in [5, 5.41) is 0. The van der Waals surface area contributed by atoms with Crippen LogP contribution in [0.5, 0.6) is 0 Å². The van der Waals surface area contributed by atoms with Crippen LogP contribution in [0.4, 0.5) is 0 Å². The van der Waals surface area contributed by atoms with Gasteiger partial charge in [0, 0.05) is 0 Å².